The van der Waals surface area contributed by atoms with Crippen LogP contribution in [0.1, 0.15) is 13.3 Å². The van der Waals surface area contributed by atoms with E-state index in [0.29, 0.717) is 6.61 Å². The zero-order valence-electron chi connectivity index (χ0n) is 8.36. The fourth-order valence-electron chi connectivity index (χ4n) is 0.785. The number of hydrogen-bond donors (Lipinski definition) is 0. The Hall–Kier alpha value is -0.710. The highest BCUT2D eigenvalue weighted by atomic mass is 19.4. The van der Waals surface area contributed by atoms with Crippen LogP contribution in [-0.4, -0.2) is 26.5 Å². The normalized spacial score (nSPS) is 13.8. The molecular weight excluding hydrogens is 197 g/mol. The molecule has 2 nitrogen and oxygen atoms in total. The molecule has 0 aromatic carbocycles. The van der Waals surface area contributed by atoms with Crippen molar-refractivity contribution in [2.45, 2.75) is 19.5 Å². The minimum Gasteiger partial charge on any atom is -0.496 e. The molecule has 0 radical (unpaired) electrons. The Labute approximate surface area is 81.7 Å². The van der Waals surface area contributed by atoms with Gasteiger partial charge in [0.1, 0.15) is 6.61 Å². The average Bonchev–Trinajstić information content (AvgIpc) is 2.03. The van der Waals surface area contributed by atoms with Crippen molar-refractivity contribution in [2.75, 3.05) is 20.3 Å². The summed E-state index contributed by atoms with van der Waals surface area (Å²) in [4.78, 5) is 0. The van der Waals surface area contributed by atoms with Gasteiger partial charge in [0.2, 0.25) is 0 Å². The van der Waals surface area contributed by atoms with Gasteiger partial charge in [0, 0.05) is 13.5 Å². The third kappa shape index (κ3) is 5.85. The molecule has 0 aliphatic rings. The van der Waals surface area contributed by atoms with Crippen LogP contribution in [0.2, 0.25) is 0 Å². The third-order valence-corrected chi connectivity index (χ3v) is 1.69. The van der Waals surface area contributed by atoms with Gasteiger partial charge in [0.15, 0.2) is 0 Å². The van der Waals surface area contributed by atoms with Crippen LogP contribution in [0.3, 0.4) is 0 Å². The molecule has 14 heavy (non-hydrogen) atoms. The van der Waals surface area contributed by atoms with Crippen LogP contribution < -0.4 is 0 Å². The first-order chi connectivity index (χ1) is 6.38. The number of alkyl halides is 3. The number of rotatable bonds is 6. The molecule has 0 saturated heterocycles. The van der Waals surface area contributed by atoms with Crippen molar-refractivity contribution in [3.63, 3.8) is 0 Å². The molecule has 1 unspecified atom stereocenters. The van der Waals surface area contributed by atoms with E-state index < -0.39 is 12.1 Å². The molecule has 0 fully saturated rings. The van der Waals surface area contributed by atoms with Crippen LogP contribution >= 0.6 is 0 Å². The van der Waals surface area contributed by atoms with Crippen LogP contribution in [0.4, 0.5) is 13.2 Å². The summed E-state index contributed by atoms with van der Waals surface area (Å²) < 4.78 is 45.8. The molecular formula is C9H15F3O2. The maximum absolute atomic E-state index is 12.1. The minimum atomic E-state index is -4.19. The fraction of sp³-hybridized carbons (Fsp3) is 0.778. The lowest BCUT2D eigenvalue weighted by molar-refractivity contribution is -0.171. The molecule has 0 heterocycles. The number of hydrogen-bond acceptors (Lipinski definition) is 2. The third-order valence-electron chi connectivity index (χ3n) is 1.69. The SMILES string of the molecule is C=C(CC(C)C(F)(F)F)OCCOC. The zero-order valence-corrected chi connectivity index (χ0v) is 8.36. The van der Waals surface area contributed by atoms with Gasteiger partial charge in [-0.2, -0.15) is 13.2 Å². The van der Waals surface area contributed by atoms with E-state index in [9.17, 15) is 13.2 Å². The highest BCUT2D eigenvalue weighted by Gasteiger charge is 2.36. The van der Waals surface area contributed by atoms with E-state index >= 15 is 0 Å². The lowest BCUT2D eigenvalue weighted by Crippen LogP contribution is -2.20. The van der Waals surface area contributed by atoms with Crippen molar-refractivity contribution < 1.29 is 22.6 Å². The lowest BCUT2D eigenvalue weighted by Gasteiger charge is -2.17. The Morgan fingerprint density at radius 2 is 1.93 bits per heavy atom. The van der Waals surface area contributed by atoms with Gasteiger partial charge in [0.25, 0.3) is 0 Å². The first kappa shape index (κ1) is 13.3. The molecule has 5 heteroatoms. The molecule has 84 valence electrons. The van der Waals surface area contributed by atoms with E-state index in [1.54, 1.807) is 0 Å². The topological polar surface area (TPSA) is 18.5 Å². The molecule has 0 bridgehead atoms. The van der Waals surface area contributed by atoms with Crippen LogP contribution in [0.5, 0.6) is 0 Å². The van der Waals surface area contributed by atoms with E-state index in [1.165, 1.54) is 7.11 Å². The predicted octanol–water partition coefficient (Wildman–Crippen LogP) is 2.75. The zero-order chi connectivity index (χ0) is 11.2. The van der Waals surface area contributed by atoms with Crippen molar-refractivity contribution >= 4 is 0 Å². The summed E-state index contributed by atoms with van der Waals surface area (Å²) in [6.07, 6.45) is -4.39. The summed E-state index contributed by atoms with van der Waals surface area (Å²) in [5.74, 6) is -1.27. The molecule has 0 N–H and O–H groups in total. The first-order valence-electron chi connectivity index (χ1n) is 4.24. The first-order valence-corrected chi connectivity index (χ1v) is 4.24. The quantitative estimate of drug-likeness (QED) is 0.498. The summed E-state index contributed by atoms with van der Waals surface area (Å²) in [6, 6.07) is 0. The lowest BCUT2D eigenvalue weighted by atomic mass is 10.1. The van der Waals surface area contributed by atoms with Gasteiger partial charge in [-0.15, -0.1) is 0 Å². The van der Waals surface area contributed by atoms with Crippen LogP contribution in [-0.2, 0) is 9.47 Å². The van der Waals surface area contributed by atoms with Crippen molar-refractivity contribution in [2.24, 2.45) is 5.92 Å². The Morgan fingerprint density at radius 1 is 1.36 bits per heavy atom. The maximum Gasteiger partial charge on any atom is 0.391 e. The number of methoxy groups -OCH3 is 1. The highest BCUT2D eigenvalue weighted by Crippen LogP contribution is 2.30. The molecule has 0 aromatic rings. The largest absolute Gasteiger partial charge is 0.496 e. The van der Waals surface area contributed by atoms with Gasteiger partial charge in [-0.05, 0) is 0 Å². The molecule has 0 aliphatic heterocycles. The smallest absolute Gasteiger partial charge is 0.391 e. The standard InChI is InChI=1S/C9H15F3O2/c1-7(9(10,11)12)6-8(2)14-5-4-13-3/h7H,2,4-6H2,1,3H3. The van der Waals surface area contributed by atoms with Crippen molar-refractivity contribution in [3.8, 4) is 0 Å². The summed E-state index contributed by atoms with van der Waals surface area (Å²) in [7, 11) is 1.49. The number of ether oxygens (including phenoxy) is 2. The van der Waals surface area contributed by atoms with Crippen molar-refractivity contribution in [1.82, 2.24) is 0 Å². The number of halogens is 3. The van der Waals surface area contributed by atoms with Gasteiger partial charge in [-0.1, -0.05) is 13.5 Å². The Kier molecular flexibility index (Phi) is 5.60. The molecule has 0 saturated carbocycles. The Balaban J connectivity index is 3.72. The van der Waals surface area contributed by atoms with E-state index in [-0.39, 0.29) is 18.8 Å². The van der Waals surface area contributed by atoms with Crippen LogP contribution in [0.25, 0.3) is 0 Å². The van der Waals surface area contributed by atoms with E-state index in [4.69, 9.17) is 4.74 Å². The van der Waals surface area contributed by atoms with E-state index in [2.05, 4.69) is 11.3 Å². The molecule has 1 atom stereocenters. The van der Waals surface area contributed by atoms with Gasteiger partial charge >= 0.3 is 6.18 Å². The van der Waals surface area contributed by atoms with E-state index in [1.807, 2.05) is 0 Å². The molecule has 0 aliphatic carbocycles. The highest BCUT2D eigenvalue weighted by molar-refractivity contribution is 4.86. The maximum atomic E-state index is 12.1. The second-order valence-corrected chi connectivity index (χ2v) is 3.03. The monoisotopic (exact) mass is 212 g/mol. The summed E-state index contributed by atoms with van der Waals surface area (Å²) in [5, 5.41) is 0. The van der Waals surface area contributed by atoms with Crippen LogP contribution in [0.15, 0.2) is 12.3 Å². The molecule has 0 spiro atoms. The van der Waals surface area contributed by atoms with Crippen LogP contribution in [0, 0.1) is 5.92 Å². The van der Waals surface area contributed by atoms with Gasteiger partial charge in [0.05, 0.1) is 18.3 Å². The van der Waals surface area contributed by atoms with Crippen molar-refractivity contribution in [3.05, 3.63) is 12.3 Å². The minimum absolute atomic E-state index is 0.145. The van der Waals surface area contributed by atoms with Gasteiger partial charge in [-0.3, -0.25) is 0 Å². The second-order valence-electron chi connectivity index (χ2n) is 3.03. The van der Waals surface area contributed by atoms with Gasteiger partial charge in [-0.25, -0.2) is 0 Å². The second kappa shape index (κ2) is 5.90. The average molecular weight is 212 g/mol. The van der Waals surface area contributed by atoms with Gasteiger partial charge < -0.3 is 9.47 Å². The van der Waals surface area contributed by atoms with Crippen molar-refractivity contribution in [1.29, 1.82) is 0 Å². The summed E-state index contributed by atoms with van der Waals surface area (Å²) >= 11 is 0. The summed E-state index contributed by atoms with van der Waals surface area (Å²) in [6.45, 7) is 5.09. The molecule has 0 rings (SSSR count). The molecule has 0 aromatic heterocycles. The van der Waals surface area contributed by atoms with E-state index in [0.717, 1.165) is 6.92 Å². The predicted molar refractivity (Wildman–Crippen MR) is 46.8 cm³/mol. The Morgan fingerprint density at radius 3 is 2.36 bits per heavy atom. The number of allylic oxidation sites excluding steroid dienone is 1. The fourth-order valence-corrected chi connectivity index (χ4v) is 0.785. The summed E-state index contributed by atoms with van der Waals surface area (Å²) in [5.41, 5.74) is 0. The Bertz CT molecular complexity index is 177. The molecule has 0 amide bonds.